The summed E-state index contributed by atoms with van der Waals surface area (Å²) in [6.45, 7) is 12.5. The van der Waals surface area contributed by atoms with Gasteiger partial charge in [-0.2, -0.15) is 0 Å². The van der Waals surface area contributed by atoms with Crippen molar-refractivity contribution < 1.29 is 10.2 Å². The third-order valence-corrected chi connectivity index (χ3v) is 9.34. The first kappa shape index (κ1) is 19.9. The molecule has 4 aliphatic rings. The highest BCUT2D eigenvalue weighted by Gasteiger charge is 2.58. The van der Waals surface area contributed by atoms with Gasteiger partial charge in [-0.25, -0.2) is 0 Å². The molecule has 4 nitrogen and oxygen atoms in total. The molecule has 1 heterocycles. The molecule has 0 aromatic carbocycles. The van der Waals surface area contributed by atoms with Crippen LogP contribution >= 0.6 is 0 Å². The lowest BCUT2D eigenvalue weighted by Gasteiger charge is -2.55. The van der Waals surface area contributed by atoms with E-state index >= 15 is 0 Å². The standard InChI is InChI=1S/C23H40N2O2/c1-15-20(24)13-19-21(27)18(7-9-22(15,19)2)23(3)8-6-17(26)12-16(23)14-25-10-4-5-11-25/h16-21,26-27H,1,4-14,24H2,2-3H3/t16-,17+,18?,19?,20?,21+,22+,23+/m0/s1. The predicted octanol–water partition coefficient (Wildman–Crippen LogP) is 2.93. The molecule has 0 aromatic heterocycles. The Kier molecular flexibility index (Phi) is 5.24. The summed E-state index contributed by atoms with van der Waals surface area (Å²) in [5.74, 6) is 1.03. The fraction of sp³-hybridized carbons (Fsp3) is 0.913. The second-order valence-corrected chi connectivity index (χ2v) is 10.7. The van der Waals surface area contributed by atoms with E-state index in [4.69, 9.17) is 5.73 Å². The zero-order valence-electron chi connectivity index (χ0n) is 17.4. The Morgan fingerprint density at radius 3 is 2.48 bits per heavy atom. The molecule has 0 spiro atoms. The summed E-state index contributed by atoms with van der Waals surface area (Å²) in [5.41, 5.74) is 7.61. The fourth-order valence-electron chi connectivity index (χ4n) is 7.27. The molecule has 154 valence electrons. The zero-order chi connectivity index (χ0) is 19.4. The topological polar surface area (TPSA) is 69.7 Å². The van der Waals surface area contributed by atoms with E-state index in [1.165, 1.54) is 25.9 Å². The molecular formula is C23H40N2O2. The lowest BCUT2D eigenvalue weighted by Crippen LogP contribution is -2.54. The number of nitrogens with two attached hydrogens (primary N) is 1. The van der Waals surface area contributed by atoms with Crippen LogP contribution in [0.3, 0.4) is 0 Å². The highest BCUT2D eigenvalue weighted by Crippen LogP contribution is 2.61. The number of aliphatic hydroxyl groups excluding tert-OH is 2. The van der Waals surface area contributed by atoms with Gasteiger partial charge in [0.15, 0.2) is 0 Å². The van der Waals surface area contributed by atoms with Crippen molar-refractivity contribution in [2.75, 3.05) is 19.6 Å². The van der Waals surface area contributed by atoms with Crippen LogP contribution in [0.25, 0.3) is 0 Å². The molecular weight excluding hydrogens is 336 g/mol. The Morgan fingerprint density at radius 2 is 1.78 bits per heavy atom. The molecule has 3 saturated carbocycles. The predicted molar refractivity (Wildman–Crippen MR) is 109 cm³/mol. The van der Waals surface area contributed by atoms with Gasteiger partial charge in [0.25, 0.3) is 0 Å². The first-order valence-electron chi connectivity index (χ1n) is 11.3. The van der Waals surface area contributed by atoms with Gasteiger partial charge in [0.05, 0.1) is 12.2 Å². The molecule has 1 saturated heterocycles. The van der Waals surface area contributed by atoms with Gasteiger partial charge in [0.1, 0.15) is 0 Å². The molecule has 3 aliphatic carbocycles. The van der Waals surface area contributed by atoms with Crippen molar-refractivity contribution in [3.05, 3.63) is 12.2 Å². The maximum Gasteiger partial charge on any atom is 0.0610 e. The van der Waals surface area contributed by atoms with Crippen LogP contribution in [-0.2, 0) is 0 Å². The van der Waals surface area contributed by atoms with Crippen LogP contribution in [0, 0.1) is 28.6 Å². The maximum absolute atomic E-state index is 11.5. The highest BCUT2D eigenvalue weighted by atomic mass is 16.3. The van der Waals surface area contributed by atoms with Crippen LogP contribution in [0.15, 0.2) is 12.2 Å². The highest BCUT2D eigenvalue weighted by molar-refractivity contribution is 5.26. The van der Waals surface area contributed by atoms with E-state index in [0.29, 0.717) is 11.8 Å². The van der Waals surface area contributed by atoms with Gasteiger partial charge in [-0.3, -0.25) is 0 Å². The van der Waals surface area contributed by atoms with Crippen molar-refractivity contribution in [3.63, 3.8) is 0 Å². The average molecular weight is 377 g/mol. The van der Waals surface area contributed by atoms with E-state index in [2.05, 4.69) is 25.3 Å². The van der Waals surface area contributed by atoms with E-state index in [0.717, 1.165) is 50.6 Å². The van der Waals surface area contributed by atoms with Crippen LogP contribution in [0.2, 0.25) is 0 Å². The van der Waals surface area contributed by atoms with Gasteiger partial charge in [-0.15, -0.1) is 0 Å². The van der Waals surface area contributed by atoms with Gasteiger partial charge in [-0.1, -0.05) is 26.0 Å². The van der Waals surface area contributed by atoms with Crippen molar-refractivity contribution in [2.24, 2.45) is 34.3 Å². The molecule has 3 unspecified atom stereocenters. The molecule has 0 amide bonds. The third kappa shape index (κ3) is 3.21. The number of fused-ring (bicyclic) bond motifs is 1. The molecule has 0 aromatic rings. The second kappa shape index (κ2) is 7.12. The summed E-state index contributed by atoms with van der Waals surface area (Å²) < 4.78 is 0. The third-order valence-electron chi connectivity index (χ3n) is 9.34. The minimum Gasteiger partial charge on any atom is -0.393 e. The number of hydrogen-bond acceptors (Lipinski definition) is 4. The molecule has 0 radical (unpaired) electrons. The van der Waals surface area contributed by atoms with E-state index in [1.807, 2.05) is 0 Å². The summed E-state index contributed by atoms with van der Waals surface area (Å²) >= 11 is 0. The molecule has 4 heteroatoms. The Bertz CT molecular complexity index is 575. The first-order chi connectivity index (χ1) is 12.8. The summed E-state index contributed by atoms with van der Waals surface area (Å²) in [4.78, 5) is 2.59. The van der Waals surface area contributed by atoms with Crippen molar-refractivity contribution in [1.29, 1.82) is 0 Å². The normalized spacial score (nSPS) is 51.5. The lowest BCUT2D eigenvalue weighted by atomic mass is 9.52. The minimum absolute atomic E-state index is 0.00429. The van der Waals surface area contributed by atoms with Crippen molar-refractivity contribution in [3.8, 4) is 0 Å². The smallest absolute Gasteiger partial charge is 0.0610 e. The average Bonchev–Trinajstić information content (AvgIpc) is 3.21. The van der Waals surface area contributed by atoms with E-state index in [9.17, 15) is 10.2 Å². The molecule has 4 fully saturated rings. The SMILES string of the molecule is C=C1C(N)CC2[C@H](O)C([C@]3(C)CC[C@@H](O)C[C@H]3CN3CCCC3)CC[C@]12C. The number of aliphatic hydroxyl groups is 2. The summed E-state index contributed by atoms with van der Waals surface area (Å²) in [5, 5.41) is 21.9. The van der Waals surface area contributed by atoms with Crippen LogP contribution in [0.1, 0.15) is 65.2 Å². The number of likely N-dealkylation sites (tertiary alicyclic amines) is 1. The summed E-state index contributed by atoms with van der Waals surface area (Å²) in [6, 6.07) is 0.0368. The van der Waals surface area contributed by atoms with E-state index < -0.39 is 0 Å². The van der Waals surface area contributed by atoms with Gasteiger partial charge in [0.2, 0.25) is 0 Å². The van der Waals surface area contributed by atoms with Gasteiger partial charge < -0.3 is 20.8 Å². The fourth-order valence-corrected chi connectivity index (χ4v) is 7.27. The van der Waals surface area contributed by atoms with Crippen molar-refractivity contribution >= 4 is 0 Å². The van der Waals surface area contributed by atoms with Gasteiger partial charge >= 0.3 is 0 Å². The second-order valence-electron chi connectivity index (χ2n) is 10.7. The van der Waals surface area contributed by atoms with E-state index in [-0.39, 0.29) is 35.0 Å². The van der Waals surface area contributed by atoms with E-state index in [1.54, 1.807) is 0 Å². The van der Waals surface area contributed by atoms with Crippen LogP contribution < -0.4 is 5.73 Å². The van der Waals surface area contributed by atoms with Crippen molar-refractivity contribution in [1.82, 2.24) is 4.90 Å². The quantitative estimate of drug-likeness (QED) is 0.663. The Balaban J connectivity index is 1.57. The Hall–Kier alpha value is -0.420. The van der Waals surface area contributed by atoms with Crippen LogP contribution in [0.4, 0.5) is 0 Å². The number of hydrogen-bond donors (Lipinski definition) is 3. The molecule has 1 aliphatic heterocycles. The van der Waals surface area contributed by atoms with Gasteiger partial charge in [-0.05, 0) is 93.0 Å². The monoisotopic (exact) mass is 376 g/mol. The number of rotatable bonds is 3. The molecule has 4 rings (SSSR count). The zero-order valence-corrected chi connectivity index (χ0v) is 17.4. The van der Waals surface area contributed by atoms with Gasteiger partial charge in [0, 0.05) is 12.6 Å². The van der Waals surface area contributed by atoms with Crippen LogP contribution in [0.5, 0.6) is 0 Å². The maximum atomic E-state index is 11.5. The largest absolute Gasteiger partial charge is 0.393 e. The van der Waals surface area contributed by atoms with Crippen LogP contribution in [-0.4, -0.2) is 53.0 Å². The minimum atomic E-state index is -0.296. The summed E-state index contributed by atoms with van der Waals surface area (Å²) in [7, 11) is 0. The summed E-state index contributed by atoms with van der Waals surface area (Å²) in [6.07, 6.45) is 7.98. The number of nitrogens with zero attached hydrogens (tertiary/aromatic N) is 1. The Labute approximate surface area is 165 Å². The van der Waals surface area contributed by atoms with Crippen molar-refractivity contribution in [2.45, 2.75) is 83.5 Å². The molecule has 8 atom stereocenters. The molecule has 27 heavy (non-hydrogen) atoms. The first-order valence-corrected chi connectivity index (χ1v) is 11.3. The molecule has 0 bridgehead atoms. The lowest BCUT2D eigenvalue weighted by molar-refractivity contribution is -0.122. The molecule has 4 N–H and O–H groups in total. The Morgan fingerprint density at radius 1 is 1.07 bits per heavy atom.